The first-order valence-corrected chi connectivity index (χ1v) is 10.2. The van der Waals surface area contributed by atoms with Gasteiger partial charge in [-0.25, -0.2) is 13.4 Å². The second-order valence-corrected chi connectivity index (χ2v) is 9.24. The summed E-state index contributed by atoms with van der Waals surface area (Å²) in [6.07, 6.45) is 2.88. The summed E-state index contributed by atoms with van der Waals surface area (Å²) in [6, 6.07) is 0. The minimum Gasteiger partial charge on any atom is -0.414 e. The molecule has 13 heteroatoms. The van der Waals surface area contributed by atoms with E-state index in [9.17, 15) is 17.2 Å². The molecule has 0 radical (unpaired) electrons. The smallest absolute Gasteiger partial charge is 0.314 e. The molecule has 0 N–H and O–H groups in total. The third-order valence-corrected chi connectivity index (χ3v) is 7.14. The van der Waals surface area contributed by atoms with Crippen molar-refractivity contribution < 1.29 is 21.6 Å². The van der Waals surface area contributed by atoms with Gasteiger partial charge in [-0.15, -0.1) is 21.5 Å². The molecule has 9 nitrogen and oxygen atoms in total. The van der Waals surface area contributed by atoms with E-state index >= 15 is 0 Å². The minimum atomic E-state index is -3.53. The van der Waals surface area contributed by atoms with Gasteiger partial charge >= 0.3 is 6.43 Å². The summed E-state index contributed by atoms with van der Waals surface area (Å²) >= 11 is 1.10. The molecular weight excluding hydrogens is 402 g/mol. The highest BCUT2D eigenvalue weighted by atomic mass is 32.2. The van der Waals surface area contributed by atoms with Crippen LogP contribution in [0.2, 0.25) is 0 Å². The molecule has 1 aliphatic rings. The van der Waals surface area contributed by atoms with Gasteiger partial charge in [-0.05, 0) is 12.8 Å². The summed E-state index contributed by atoms with van der Waals surface area (Å²) < 4.78 is 58.5. The van der Waals surface area contributed by atoms with Gasteiger partial charge in [-0.2, -0.15) is 13.9 Å². The summed E-state index contributed by atoms with van der Waals surface area (Å²) in [6.45, 7) is 0.00499. The predicted octanol–water partition coefficient (Wildman–Crippen LogP) is 2.36. The molecule has 0 spiro atoms. The average Bonchev–Trinajstić information content (AvgIpc) is 3.02. The molecule has 3 heterocycles. The lowest BCUT2D eigenvalue weighted by Crippen LogP contribution is -2.33. The van der Waals surface area contributed by atoms with Crippen molar-refractivity contribution in [2.75, 3.05) is 4.31 Å². The number of sulfonamides is 1. The number of alkyl halides is 2. The van der Waals surface area contributed by atoms with Gasteiger partial charge in [0.15, 0.2) is 0 Å². The van der Waals surface area contributed by atoms with E-state index in [0.717, 1.165) is 11.3 Å². The molecule has 1 saturated carbocycles. The Labute approximate surface area is 156 Å². The Morgan fingerprint density at radius 2 is 2.15 bits per heavy atom. The molecule has 0 amide bonds. The highest BCUT2D eigenvalue weighted by Crippen LogP contribution is 2.35. The van der Waals surface area contributed by atoms with E-state index in [1.165, 1.54) is 21.4 Å². The Kier molecular flexibility index (Phi) is 4.42. The fourth-order valence-corrected chi connectivity index (χ4v) is 5.13. The second-order valence-electron chi connectivity index (χ2n) is 5.99. The van der Waals surface area contributed by atoms with Crippen LogP contribution in [0.3, 0.4) is 0 Å². The monoisotopic (exact) mass is 416 g/mol. The number of halogens is 2. The molecule has 0 unspecified atom stereocenters. The third kappa shape index (κ3) is 3.56. The fraction of sp³-hybridized carbons (Fsp3) is 0.429. The first-order valence-electron chi connectivity index (χ1n) is 7.91. The Bertz CT molecular complexity index is 1060. The van der Waals surface area contributed by atoms with Crippen LogP contribution in [0.1, 0.15) is 30.2 Å². The summed E-state index contributed by atoms with van der Waals surface area (Å²) in [5, 5.41) is 11.0. The van der Waals surface area contributed by atoms with Crippen molar-refractivity contribution in [1.82, 2.24) is 25.0 Å². The van der Waals surface area contributed by atoms with Crippen LogP contribution in [0.5, 0.6) is 0 Å². The van der Waals surface area contributed by atoms with Crippen molar-refractivity contribution in [3.8, 4) is 10.8 Å². The van der Waals surface area contributed by atoms with Crippen LogP contribution < -0.4 is 4.31 Å². The molecule has 3 aromatic rings. The average molecular weight is 416 g/mol. The number of anilines is 1. The van der Waals surface area contributed by atoms with E-state index in [2.05, 4.69) is 20.3 Å². The van der Waals surface area contributed by atoms with Crippen molar-refractivity contribution in [3.63, 3.8) is 0 Å². The first kappa shape index (κ1) is 18.0. The zero-order valence-corrected chi connectivity index (χ0v) is 15.6. The van der Waals surface area contributed by atoms with E-state index in [-0.39, 0.29) is 12.4 Å². The van der Waals surface area contributed by atoms with E-state index in [1.54, 1.807) is 13.2 Å². The molecule has 1 aliphatic carbocycles. The molecule has 3 aromatic heterocycles. The highest BCUT2D eigenvalue weighted by Gasteiger charge is 2.41. The highest BCUT2D eigenvalue weighted by molar-refractivity contribution is 7.93. The van der Waals surface area contributed by atoms with Gasteiger partial charge in [0.2, 0.25) is 10.0 Å². The Morgan fingerprint density at radius 1 is 1.37 bits per heavy atom. The number of thiazole rings is 1. The number of hydrogen-bond donors (Lipinski definition) is 0. The SMILES string of the molecule is Cn1cc(N(Cc2ncc(-c3nnc(C(F)F)o3)s2)S(=O)(=O)C2CC2)cn1. The van der Waals surface area contributed by atoms with Crippen LogP contribution in [0.15, 0.2) is 23.0 Å². The molecule has 0 aromatic carbocycles. The maximum atomic E-state index is 12.8. The van der Waals surface area contributed by atoms with Gasteiger partial charge in [0.25, 0.3) is 11.8 Å². The quantitative estimate of drug-likeness (QED) is 0.582. The molecule has 4 rings (SSSR count). The predicted molar refractivity (Wildman–Crippen MR) is 91.7 cm³/mol. The zero-order valence-electron chi connectivity index (χ0n) is 14.0. The molecule has 144 valence electrons. The first-order chi connectivity index (χ1) is 12.8. The van der Waals surface area contributed by atoms with Crippen LogP contribution >= 0.6 is 11.3 Å². The summed E-state index contributed by atoms with van der Waals surface area (Å²) in [7, 11) is -1.83. The molecule has 0 bridgehead atoms. The van der Waals surface area contributed by atoms with E-state index in [0.29, 0.717) is 28.4 Å². The molecular formula is C14H14F2N6O3S2. The Balaban J connectivity index is 1.61. The lowest BCUT2D eigenvalue weighted by atomic mass is 10.5. The van der Waals surface area contributed by atoms with Crippen molar-refractivity contribution in [2.45, 2.75) is 31.1 Å². The number of nitrogens with zero attached hydrogens (tertiary/aromatic N) is 6. The van der Waals surface area contributed by atoms with Gasteiger partial charge in [-0.1, -0.05) is 0 Å². The normalized spacial score (nSPS) is 14.8. The van der Waals surface area contributed by atoms with Crippen molar-refractivity contribution >= 4 is 27.0 Å². The molecule has 27 heavy (non-hydrogen) atoms. The molecule has 0 atom stereocenters. The zero-order chi connectivity index (χ0) is 19.2. The third-order valence-electron chi connectivity index (χ3n) is 3.90. The molecule has 0 aliphatic heterocycles. The molecule has 0 saturated heterocycles. The summed E-state index contributed by atoms with van der Waals surface area (Å²) in [5.74, 6) is -0.847. The lowest BCUT2D eigenvalue weighted by molar-refractivity contribution is 0.116. The van der Waals surface area contributed by atoms with E-state index in [4.69, 9.17) is 4.42 Å². The lowest BCUT2D eigenvalue weighted by Gasteiger charge is -2.21. The number of hydrogen-bond acceptors (Lipinski definition) is 8. The van der Waals surface area contributed by atoms with Gasteiger partial charge < -0.3 is 4.42 Å². The van der Waals surface area contributed by atoms with Crippen molar-refractivity contribution in [3.05, 3.63) is 29.5 Å². The van der Waals surface area contributed by atoms with Crippen LogP contribution in [0.25, 0.3) is 10.8 Å². The van der Waals surface area contributed by atoms with Crippen molar-refractivity contribution in [1.29, 1.82) is 0 Å². The summed E-state index contributed by atoms with van der Waals surface area (Å²) in [5.41, 5.74) is 0.443. The number of aromatic nitrogens is 5. The standard InChI is InChI=1S/C14H14F2N6O3S2/c1-21-6-8(4-18-21)22(27(23,24)9-2-3-9)7-11-17-5-10(26-11)13-19-20-14(25-13)12(15)16/h4-6,9,12H,2-3,7H2,1H3. The van der Waals surface area contributed by atoms with E-state index < -0.39 is 27.6 Å². The Hall–Kier alpha value is -2.41. The second kappa shape index (κ2) is 6.64. The van der Waals surface area contributed by atoms with Crippen molar-refractivity contribution in [2.24, 2.45) is 7.05 Å². The Morgan fingerprint density at radius 3 is 2.74 bits per heavy atom. The number of rotatable bonds is 7. The maximum absolute atomic E-state index is 12.8. The summed E-state index contributed by atoms with van der Waals surface area (Å²) in [4.78, 5) is 4.57. The van der Waals surface area contributed by atoms with Crippen LogP contribution in [0, 0.1) is 0 Å². The largest absolute Gasteiger partial charge is 0.414 e. The maximum Gasteiger partial charge on any atom is 0.314 e. The topological polar surface area (TPSA) is 107 Å². The minimum absolute atomic E-state index is 0.00499. The van der Waals surface area contributed by atoms with Gasteiger partial charge in [0, 0.05) is 13.2 Å². The van der Waals surface area contributed by atoms with Crippen LogP contribution in [0.4, 0.5) is 14.5 Å². The van der Waals surface area contributed by atoms with Gasteiger partial charge in [-0.3, -0.25) is 8.99 Å². The van der Waals surface area contributed by atoms with Gasteiger partial charge in [0.05, 0.1) is 29.9 Å². The van der Waals surface area contributed by atoms with Gasteiger partial charge in [0.1, 0.15) is 9.88 Å². The van der Waals surface area contributed by atoms with E-state index in [1.807, 2.05) is 0 Å². The molecule has 1 fully saturated rings. The number of aryl methyl sites for hydroxylation is 1. The van der Waals surface area contributed by atoms with Crippen LogP contribution in [-0.2, 0) is 23.6 Å². The fourth-order valence-electron chi connectivity index (χ4n) is 2.44. The van der Waals surface area contributed by atoms with Crippen LogP contribution in [-0.4, -0.2) is 38.6 Å².